The number of imidazole rings is 1. The second-order valence-corrected chi connectivity index (χ2v) is 6.00. The molecule has 3 heterocycles. The Hall–Kier alpha value is -2.07. The van der Waals surface area contributed by atoms with Crippen molar-refractivity contribution in [3.8, 4) is 10.4 Å². The molecule has 1 aromatic carbocycles. The van der Waals surface area contributed by atoms with E-state index in [4.69, 9.17) is 0 Å². The first kappa shape index (κ1) is 11.7. The van der Waals surface area contributed by atoms with Gasteiger partial charge in [0.2, 0.25) is 0 Å². The molecule has 4 rings (SSSR count). The second-order valence-electron chi connectivity index (χ2n) is 5.05. The molecule has 0 radical (unpaired) electrons. The molecule has 1 N–H and O–H groups in total. The summed E-state index contributed by atoms with van der Waals surface area (Å²) in [5, 5.41) is 2.13. The number of anilines is 1. The average molecular weight is 281 g/mol. The number of aromatic nitrogens is 2. The molecule has 0 saturated heterocycles. The van der Waals surface area contributed by atoms with Crippen LogP contribution in [-0.4, -0.2) is 16.5 Å². The van der Waals surface area contributed by atoms with Crippen LogP contribution in [0.1, 0.15) is 11.3 Å². The van der Waals surface area contributed by atoms with Crippen LogP contribution < -0.4 is 4.90 Å². The fraction of sp³-hybridized carbons (Fsp3) is 0.188. The predicted molar refractivity (Wildman–Crippen MR) is 83.1 cm³/mol. The van der Waals surface area contributed by atoms with Gasteiger partial charge in [-0.1, -0.05) is 18.2 Å². The van der Waals surface area contributed by atoms with E-state index in [9.17, 15) is 0 Å². The Balaban J connectivity index is 1.67. The zero-order valence-corrected chi connectivity index (χ0v) is 11.9. The van der Waals surface area contributed by atoms with Gasteiger partial charge in [0.25, 0.3) is 0 Å². The highest BCUT2D eigenvalue weighted by Crippen LogP contribution is 2.34. The Morgan fingerprint density at radius 1 is 1.30 bits per heavy atom. The van der Waals surface area contributed by atoms with Crippen LogP contribution in [0, 0.1) is 0 Å². The van der Waals surface area contributed by atoms with Gasteiger partial charge in [0.05, 0.1) is 18.6 Å². The summed E-state index contributed by atoms with van der Waals surface area (Å²) in [5.41, 5.74) is 5.21. The van der Waals surface area contributed by atoms with E-state index in [1.807, 2.05) is 6.20 Å². The van der Waals surface area contributed by atoms with Gasteiger partial charge < -0.3 is 9.88 Å². The lowest BCUT2D eigenvalue weighted by atomic mass is 10.1. The van der Waals surface area contributed by atoms with Gasteiger partial charge in [-0.25, -0.2) is 4.98 Å². The molecule has 2 aromatic heterocycles. The van der Waals surface area contributed by atoms with E-state index in [-0.39, 0.29) is 0 Å². The largest absolute Gasteiger partial charge is 0.365 e. The maximum Gasteiger partial charge on any atom is 0.0923 e. The van der Waals surface area contributed by atoms with Crippen molar-refractivity contribution in [1.82, 2.24) is 9.97 Å². The Labute approximate surface area is 121 Å². The second kappa shape index (κ2) is 4.80. The Bertz CT molecular complexity index is 701. The van der Waals surface area contributed by atoms with Gasteiger partial charge in [-0.05, 0) is 35.1 Å². The minimum Gasteiger partial charge on any atom is -0.365 e. The summed E-state index contributed by atoms with van der Waals surface area (Å²) in [4.78, 5) is 11.1. The number of aromatic amines is 1. The molecule has 0 unspecified atom stereocenters. The lowest BCUT2D eigenvalue weighted by molar-refractivity contribution is 0.819. The number of nitrogens with zero attached hydrogens (tertiary/aromatic N) is 2. The van der Waals surface area contributed by atoms with Crippen LogP contribution in [0.15, 0.2) is 48.2 Å². The highest BCUT2D eigenvalue weighted by molar-refractivity contribution is 7.13. The number of rotatable bonds is 3. The van der Waals surface area contributed by atoms with Crippen LogP contribution in [0.4, 0.5) is 5.69 Å². The zero-order chi connectivity index (χ0) is 13.4. The van der Waals surface area contributed by atoms with Gasteiger partial charge in [0, 0.05) is 23.3 Å². The van der Waals surface area contributed by atoms with E-state index < -0.39 is 0 Å². The number of benzene rings is 1. The van der Waals surface area contributed by atoms with Gasteiger partial charge in [0.1, 0.15) is 0 Å². The molecule has 4 heteroatoms. The standard InChI is InChI=1S/C16H15N3S/c1-2-16(20-7-1)13-4-3-12-5-6-19(15(12)8-13)10-14-9-17-11-18-14/h1-4,7-9,11H,5-6,10H2,(H,17,18). The van der Waals surface area contributed by atoms with Crippen LogP contribution in [0.3, 0.4) is 0 Å². The van der Waals surface area contributed by atoms with E-state index in [0.29, 0.717) is 0 Å². The maximum absolute atomic E-state index is 4.33. The van der Waals surface area contributed by atoms with E-state index >= 15 is 0 Å². The van der Waals surface area contributed by atoms with Crippen molar-refractivity contribution in [2.24, 2.45) is 0 Å². The Morgan fingerprint density at radius 2 is 2.30 bits per heavy atom. The van der Waals surface area contributed by atoms with Crippen molar-refractivity contribution in [2.75, 3.05) is 11.4 Å². The molecular formula is C16H15N3S. The normalized spacial score (nSPS) is 13.7. The van der Waals surface area contributed by atoms with Crippen molar-refractivity contribution in [3.63, 3.8) is 0 Å². The number of hydrogen-bond donors (Lipinski definition) is 1. The van der Waals surface area contributed by atoms with Gasteiger partial charge >= 0.3 is 0 Å². The molecule has 0 saturated carbocycles. The Kier molecular flexibility index (Phi) is 2.81. The summed E-state index contributed by atoms with van der Waals surface area (Å²) in [7, 11) is 0. The molecule has 3 aromatic rings. The number of fused-ring (bicyclic) bond motifs is 1. The Morgan fingerprint density at radius 3 is 3.10 bits per heavy atom. The molecule has 20 heavy (non-hydrogen) atoms. The van der Waals surface area contributed by atoms with Crippen molar-refractivity contribution in [2.45, 2.75) is 13.0 Å². The molecule has 100 valence electrons. The zero-order valence-electron chi connectivity index (χ0n) is 11.0. The first-order valence-corrected chi connectivity index (χ1v) is 7.67. The average Bonchev–Trinajstić information content (AvgIpc) is 3.20. The molecule has 0 fully saturated rings. The lowest BCUT2D eigenvalue weighted by Crippen LogP contribution is -2.19. The summed E-state index contributed by atoms with van der Waals surface area (Å²) < 4.78 is 0. The summed E-state index contributed by atoms with van der Waals surface area (Å²) in [6, 6.07) is 11.1. The lowest BCUT2D eigenvalue weighted by Gasteiger charge is -2.18. The number of hydrogen-bond acceptors (Lipinski definition) is 3. The highest BCUT2D eigenvalue weighted by Gasteiger charge is 2.20. The molecular weight excluding hydrogens is 266 g/mol. The third kappa shape index (κ3) is 2.02. The van der Waals surface area contributed by atoms with Crippen molar-refractivity contribution < 1.29 is 0 Å². The molecule has 1 aliphatic rings. The molecule has 0 aliphatic carbocycles. The molecule has 0 amide bonds. The van der Waals surface area contributed by atoms with Crippen molar-refractivity contribution in [1.29, 1.82) is 0 Å². The number of H-pyrrole nitrogens is 1. The smallest absolute Gasteiger partial charge is 0.0923 e. The van der Waals surface area contributed by atoms with Gasteiger partial charge in [-0.2, -0.15) is 0 Å². The number of nitrogens with one attached hydrogen (secondary N) is 1. The summed E-state index contributed by atoms with van der Waals surface area (Å²) in [6.45, 7) is 1.96. The SMILES string of the molecule is c1csc(-c2ccc3c(c2)N(Cc2c[nH]cn2)CC3)c1. The topological polar surface area (TPSA) is 31.9 Å². The number of thiophene rings is 1. The minimum absolute atomic E-state index is 0.879. The van der Waals surface area contributed by atoms with E-state index in [0.717, 1.165) is 25.2 Å². The fourth-order valence-electron chi connectivity index (χ4n) is 2.78. The van der Waals surface area contributed by atoms with Crippen LogP contribution in [0.25, 0.3) is 10.4 Å². The highest BCUT2D eigenvalue weighted by atomic mass is 32.1. The summed E-state index contributed by atoms with van der Waals surface area (Å²) in [5.74, 6) is 0. The van der Waals surface area contributed by atoms with Gasteiger partial charge in [0.15, 0.2) is 0 Å². The van der Waals surface area contributed by atoms with Crippen LogP contribution in [0.5, 0.6) is 0 Å². The van der Waals surface area contributed by atoms with Crippen LogP contribution >= 0.6 is 11.3 Å². The predicted octanol–water partition coefficient (Wildman–Crippen LogP) is 3.70. The monoisotopic (exact) mass is 281 g/mol. The third-order valence-electron chi connectivity index (χ3n) is 3.79. The molecule has 0 spiro atoms. The first-order valence-electron chi connectivity index (χ1n) is 6.79. The van der Waals surface area contributed by atoms with E-state index in [1.54, 1.807) is 17.7 Å². The minimum atomic E-state index is 0.879. The summed E-state index contributed by atoms with van der Waals surface area (Å²) in [6.07, 6.45) is 4.85. The maximum atomic E-state index is 4.33. The van der Waals surface area contributed by atoms with Crippen LogP contribution in [0.2, 0.25) is 0 Å². The van der Waals surface area contributed by atoms with E-state index in [2.05, 4.69) is 50.6 Å². The van der Waals surface area contributed by atoms with Crippen LogP contribution in [-0.2, 0) is 13.0 Å². The quantitative estimate of drug-likeness (QED) is 0.794. The first-order chi connectivity index (χ1) is 9.90. The van der Waals surface area contributed by atoms with Gasteiger partial charge in [-0.3, -0.25) is 0 Å². The molecule has 3 nitrogen and oxygen atoms in total. The fourth-order valence-corrected chi connectivity index (χ4v) is 3.50. The molecule has 1 aliphatic heterocycles. The molecule has 0 atom stereocenters. The van der Waals surface area contributed by atoms with Crippen molar-refractivity contribution in [3.05, 3.63) is 59.5 Å². The summed E-state index contributed by atoms with van der Waals surface area (Å²) >= 11 is 1.79. The third-order valence-corrected chi connectivity index (χ3v) is 4.71. The van der Waals surface area contributed by atoms with E-state index in [1.165, 1.54) is 21.7 Å². The van der Waals surface area contributed by atoms with Gasteiger partial charge in [-0.15, -0.1) is 11.3 Å². The molecule has 0 bridgehead atoms. The van der Waals surface area contributed by atoms with Crippen molar-refractivity contribution >= 4 is 17.0 Å².